The molecule has 0 aliphatic heterocycles. The zero-order valence-corrected chi connectivity index (χ0v) is 16.3. The van der Waals surface area contributed by atoms with Crippen molar-refractivity contribution in [3.63, 3.8) is 0 Å². The Morgan fingerprint density at radius 3 is 2.31 bits per heavy atom. The number of sulfone groups is 1. The van der Waals surface area contributed by atoms with Crippen LogP contribution in [0.25, 0.3) is 10.9 Å². The van der Waals surface area contributed by atoms with Crippen LogP contribution in [0.15, 0.2) is 95.0 Å². The van der Waals surface area contributed by atoms with E-state index in [1.807, 2.05) is 6.07 Å². The number of fused-ring (bicyclic) bond motifs is 1. The number of rotatable bonds is 6. The minimum absolute atomic E-state index is 0.0512. The number of aryl methyl sites for hydroxylation is 1. The van der Waals surface area contributed by atoms with E-state index in [9.17, 15) is 13.2 Å². The first-order valence-electron chi connectivity index (χ1n) is 9.17. The molecular weight excluding hydrogens is 384 g/mol. The van der Waals surface area contributed by atoms with Crippen LogP contribution in [0.5, 0.6) is 0 Å². The average Bonchev–Trinajstić information content (AvgIpc) is 2.78. The molecule has 0 fully saturated rings. The third kappa shape index (κ3) is 4.07. The molecule has 4 aromatic rings. The minimum atomic E-state index is -3.53. The third-order valence-corrected chi connectivity index (χ3v) is 6.49. The predicted octanol–water partition coefficient (Wildman–Crippen LogP) is 4.28. The molecule has 5 nitrogen and oxygen atoms in total. The number of pyridine rings is 2. The van der Waals surface area contributed by atoms with E-state index in [1.54, 1.807) is 79.1 Å². The number of aromatic nitrogens is 2. The number of hydrogen-bond donors (Lipinski definition) is 0. The fourth-order valence-electron chi connectivity index (χ4n) is 3.08. The van der Waals surface area contributed by atoms with E-state index in [1.165, 1.54) is 0 Å². The molecule has 2 aromatic carbocycles. The lowest BCUT2D eigenvalue weighted by Crippen LogP contribution is -2.05. The molecule has 0 saturated carbocycles. The van der Waals surface area contributed by atoms with Crippen LogP contribution in [-0.2, 0) is 16.3 Å². The Kier molecular flexibility index (Phi) is 5.18. The van der Waals surface area contributed by atoms with Crippen molar-refractivity contribution in [2.24, 2.45) is 0 Å². The summed E-state index contributed by atoms with van der Waals surface area (Å²) in [6.45, 7) is 0. The van der Waals surface area contributed by atoms with Crippen molar-refractivity contribution in [3.8, 4) is 0 Å². The van der Waals surface area contributed by atoms with E-state index < -0.39 is 9.84 Å². The van der Waals surface area contributed by atoms with E-state index in [0.29, 0.717) is 18.5 Å². The van der Waals surface area contributed by atoms with Gasteiger partial charge in [0, 0.05) is 24.2 Å². The van der Waals surface area contributed by atoms with Gasteiger partial charge in [0.2, 0.25) is 9.84 Å². The molecule has 2 aromatic heterocycles. The number of hydrogen-bond acceptors (Lipinski definition) is 5. The van der Waals surface area contributed by atoms with Gasteiger partial charge in [0.05, 0.1) is 15.3 Å². The lowest BCUT2D eigenvalue weighted by Gasteiger charge is -2.06. The normalized spacial score (nSPS) is 11.4. The summed E-state index contributed by atoms with van der Waals surface area (Å²) < 4.78 is 25.3. The van der Waals surface area contributed by atoms with E-state index in [0.717, 1.165) is 16.5 Å². The maximum atomic E-state index is 12.6. The van der Waals surface area contributed by atoms with Crippen LogP contribution in [0.1, 0.15) is 22.5 Å². The van der Waals surface area contributed by atoms with Gasteiger partial charge in [-0.15, -0.1) is 0 Å². The smallest absolute Gasteiger partial charge is 0.206 e. The van der Waals surface area contributed by atoms with E-state index >= 15 is 0 Å². The number of carbonyl (C=O) groups excluding carboxylic acids is 1. The summed E-state index contributed by atoms with van der Waals surface area (Å²) in [7, 11) is -3.53. The summed E-state index contributed by atoms with van der Waals surface area (Å²) in [5.41, 5.74) is 2.06. The van der Waals surface area contributed by atoms with Crippen molar-refractivity contribution in [3.05, 3.63) is 96.4 Å². The Bertz CT molecular complexity index is 1270. The molecule has 29 heavy (non-hydrogen) atoms. The largest absolute Gasteiger partial charge is 0.292 e. The first-order valence-corrected chi connectivity index (χ1v) is 10.7. The van der Waals surface area contributed by atoms with Crippen LogP contribution in [0.3, 0.4) is 0 Å². The van der Waals surface area contributed by atoms with Gasteiger partial charge in [-0.25, -0.2) is 13.4 Å². The van der Waals surface area contributed by atoms with Crippen LogP contribution < -0.4 is 0 Å². The number of benzene rings is 2. The lowest BCUT2D eigenvalue weighted by molar-refractivity contribution is 0.0978. The van der Waals surface area contributed by atoms with Gasteiger partial charge in [-0.3, -0.25) is 9.78 Å². The molecular formula is C23H18N2O3S. The number of nitrogens with zero attached hydrogens (tertiary/aromatic N) is 2. The Balaban J connectivity index is 1.45. The summed E-state index contributed by atoms with van der Waals surface area (Å²) >= 11 is 0. The second-order valence-corrected chi connectivity index (χ2v) is 8.60. The van der Waals surface area contributed by atoms with Crippen molar-refractivity contribution in [2.45, 2.75) is 22.6 Å². The Morgan fingerprint density at radius 2 is 1.55 bits per heavy atom. The number of carbonyl (C=O) groups is 1. The Labute approximate surface area is 169 Å². The maximum absolute atomic E-state index is 12.6. The van der Waals surface area contributed by atoms with Gasteiger partial charge >= 0.3 is 0 Å². The summed E-state index contributed by atoms with van der Waals surface area (Å²) in [6.07, 6.45) is 4.17. The quantitative estimate of drug-likeness (QED) is 0.450. The van der Waals surface area contributed by atoms with Crippen LogP contribution in [0.2, 0.25) is 0 Å². The molecule has 0 aliphatic rings. The van der Waals surface area contributed by atoms with Crippen molar-refractivity contribution in [1.29, 1.82) is 0 Å². The van der Waals surface area contributed by atoms with Crippen LogP contribution in [0, 0.1) is 0 Å². The molecule has 144 valence electrons. The van der Waals surface area contributed by atoms with Gasteiger partial charge in [-0.05, 0) is 54.4 Å². The SMILES string of the molecule is O=C(CCc1ccc(S(=O)(=O)c2ccccc2)cc1)c1ccc2cnccc2n1. The summed E-state index contributed by atoms with van der Waals surface area (Å²) in [5.74, 6) is -0.0512. The van der Waals surface area contributed by atoms with Gasteiger partial charge in [0.15, 0.2) is 5.78 Å². The van der Waals surface area contributed by atoms with Gasteiger partial charge < -0.3 is 0 Å². The molecule has 6 heteroatoms. The zero-order chi connectivity index (χ0) is 20.3. The minimum Gasteiger partial charge on any atom is -0.292 e. The molecule has 0 N–H and O–H groups in total. The fraction of sp³-hybridized carbons (Fsp3) is 0.0870. The molecule has 0 bridgehead atoms. The average molecular weight is 402 g/mol. The summed E-state index contributed by atoms with van der Waals surface area (Å²) in [6, 6.07) is 20.3. The van der Waals surface area contributed by atoms with Gasteiger partial charge in [0.25, 0.3) is 0 Å². The lowest BCUT2D eigenvalue weighted by atomic mass is 10.1. The van der Waals surface area contributed by atoms with Crippen molar-refractivity contribution < 1.29 is 13.2 Å². The maximum Gasteiger partial charge on any atom is 0.206 e. The predicted molar refractivity (Wildman–Crippen MR) is 111 cm³/mol. The monoisotopic (exact) mass is 402 g/mol. The molecule has 0 unspecified atom stereocenters. The van der Waals surface area contributed by atoms with Crippen LogP contribution >= 0.6 is 0 Å². The highest BCUT2D eigenvalue weighted by Crippen LogP contribution is 2.21. The van der Waals surface area contributed by atoms with Crippen molar-refractivity contribution in [2.75, 3.05) is 0 Å². The third-order valence-electron chi connectivity index (χ3n) is 4.70. The standard InChI is InChI=1S/C23H18N2O3S/c26-23(22-12-9-18-16-24-15-14-21(18)25-22)13-8-17-6-10-20(11-7-17)29(27,28)19-4-2-1-3-5-19/h1-7,9-12,14-16H,8,13H2. The highest BCUT2D eigenvalue weighted by Gasteiger charge is 2.17. The van der Waals surface area contributed by atoms with Gasteiger partial charge in [0.1, 0.15) is 5.69 Å². The van der Waals surface area contributed by atoms with Gasteiger partial charge in [-0.1, -0.05) is 30.3 Å². The summed E-state index contributed by atoms with van der Waals surface area (Å²) in [5, 5.41) is 0.888. The molecule has 0 amide bonds. The Morgan fingerprint density at radius 1 is 0.828 bits per heavy atom. The number of Topliss-reactive ketones (excluding diaryl/α,β-unsaturated/α-hetero) is 1. The van der Waals surface area contributed by atoms with Gasteiger partial charge in [-0.2, -0.15) is 0 Å². The van der Waals surface area contributed by atoms with E-state index in [4.69, 9.17) is 0 Å². The molecule has 0 aliphatic carbocycles. The highest BCUT2D eigenvalue weighted by atomic mass is 32.2. The first-order chi connectivity index (χ1) is 14.0. The van der Waals surface area contributed by atoms with E-state index in [-0.39, 0.29) is 15.6 Å². The van der Waals surface area contributed by atoms with Crippen LogP contribution in [-0.4, -0.2) is 24.2 Å². The first kappa shape index (κ1) is 19.0. The Hall–Kier alpha value is -3.38. The molecule has 4 rings (SSSR count). The van der Waals surface area contributed by atoms with Crippen molar-refractivity contribution in [1.82, 2.24) is 9.97 Å². The molecule has 0 atom stereocenters. The second kappa shape index (κ2) is 7.93. The van der Waals surface area contributed by atoms with Crippen molar-refractivity contribution >= 4 is 26.5 Å². The molecule has 0 radical (unpaired) electrons. The fourth-order valence-corrected chi connectivity index (χ4v) is 4.36. The molecule has 0 saturated heterocycles. The van der Waals surface area contributed by atoms with E-state index in [2.05, 4.69) is 9.97 Å². The highest BCUT2D eigenvalue weighted by molar-refractivity contribution is 7.91. The number of ketones is 1. The molecule has 2 heterocycles. The van der Waals surface area contributed by atoms with Crippen LogP contribution in [0.4, 0.5) is 0 Å². The zero-order valence-electron chi connectivity index (χ0n) is 15.5. The topological polar surface area (TPSA) is 77.0 Å². The molecule has 0 spiro atoms. The second-order valence-electron chi connectivity index (χ2n) is 6.65. The summed E-state index contributed by atoms with van der Waals surface area (Å²) in [4.78, 5) is 21.4.